The molecule has 2 aromatic heterocycles. The fourth-order valence-electron chi connectivity index (χ4n) is 1.69. The van der Waals surface area contributed by atoms with Crippen LogP contribution in [0.2, 0.25) is 0 Å². The van der Waals surface area contributed by atoms with E-state index in [0.717, 1.165) is 20.8 Å². The lowest BCUT2D eigenvalue weighted by Crippen LogP contribution is -1.96. The fraction of sp³-hybridized carbons (Fsp3) is 0.143. The summed E-state index contributed by atoms with van der Waals surface area (Å²) >= 11 is 3.01. The fourth-order valence-corrected chi connectivity index (χ4v) is 3.38. The van der Waals surface area contributed by atoms with E-state index in [0.29, 0.717) is 12.3 Å². The van der Waals surface area contributed by atoms with Gasteiger partial charge in [-0.05, 0) is 29.8 Å². The number of thioether (sulfide) groups is 1. The number of halogens is 1. The van der Waals surface area contributed by atoms with Gasteiger partial charge in [0.15, 0.2) is 4.34 Å². The van der Waals surface area contributed by atoms with Crippen molar-refractivity contribution in [2.75, 3.05) is 5.32 Å². The van der Waals surface area contributed by atoms with Crippen LogP contribution in [0.1, 0.15) is 11.3 Å². The van der Waals surface area contributed by atoms with Crippen molar-refractivity contribution in [3.63, 3.8) is 0 Å². The molecule has 0 spiro atoms. The molecular formula is C14H12FN3OS2. The Bertz CT molecular complexity index is 700. The summed E-state index contributed by atoms with van der Waals surface area (Å²) in [7, 11) is 0. The van der Waals surface area contributed by atoms with Crippen molar-refractivity contribution < 1.29 is 8.81 Å². The van der Waals surface area contributed by atoms with E-state index in [1.54, 1.807) is 24.1 Å². The first-order chi connectivity index (χ1) is 10.3. The molecule has 0 atom stereocenters. The van der Waals surface area contributed by atoms with E-state index in [2.05, 4.69) is 15.5 Å². The van der Waals surface area contributed by atoms with Gasteiger partial charge in [0.2, 0.25) is 5.13 Å². The predicted molar refractivity (Wildman–Crippen MR) is 81.9 cm³/mol. The highest BCUT2D eigenvalue weighted by Crippen LogP contribution is 2.28. The molecule has 3 rings (SSSR count). The first kappa shape index (κ1) is 14.1. The highest BCUT2D eigenvalue weighted by atomic mass is 32.2. The number of nitrogens with one attached hydrogen (secondary N) is 1. The van der Waals surface area contributed by atoms with Gasteiger partial charge in [0, 0.05) is 5.75 Å². The second-order valence-electron chi connectivity index (χ2n) is 4.22. The normalized spacial score (nSPS) is 10.7. The molecule has 1 aromatic carbocycles. The first-order valence-corrected chi connectivity index (χ1v) is 8.07. The molecule has 21 heavy (non-hydrogen) atoms. The molecule has 0 saturated carbocycles. The third-order valence-corrected chi connectivity index (χ3v) is 4.74. The molecule has 7 heteroatoms. The maximum atomic E-state index is 13.1. The SMILES string of the molecule is Fc1cccc(CSc2nnc(NCc3ccco3)s2)c1. The summed E-state index contributed by atoms with van der Waals surface area (Å²) < 4.78 is 19.2. The van der Waals surface area contributed by atoms with Crippen LogP contribution >= 0.6 is 23.1 Å². The lowest BCUT2D eigenvalue weighted by atomic mass is 10.2. The Hall–Kier alpha value is -1.86. The number of anilines is 1. The molecule has 0 amide bonds. The number of furan rings is 1. The molecule has 1 N–H and O–H groups in total. The highest BCUT2D eigenvalue weighted by Gasteiger charge is 2.06. The summed E-state index contributed by atoms with van der Waals surface area (Å²) in [6.07, 6.45) is 1.64. The second-order valence-corrected chi connectivity index (χ2v) is 6.42. The van der Waals surface area contributed by atoms with Crippen molar-refractivity contribution >= 4 is 28.2 Å². The number of hydrogen-bond donors (Lipinski definition) is 1. The minimum Gasteiger partial charge on any atom is -0.467 e. The molecule has 0 fully saturated rings. The average Bonchev–Trinajstić information content (AvgIpc) is 3.15. The third-order valence-electron chi connectivity index (χ3n) is 2.65. The molecule has 0 aliphatic carbocycles. The van der Waals surface area contributed by atoms with Crippen molar-refractivity contribution in [1.29, 1.82) is 0 Å². The summed E-state index contributed by atoms with van der Waals surface area (Å²) in [5.74, 6) is 1.30. The van der Waals surface area contributed by atoms with Crippen LogP contribution in [0.15, 0.2) is 51.4 Å². The zero-order chi connectivity index (χ0) is 14.5. The second kappa shape index (κ2) is 6.73. The van der Waals surface area contributed by atoms with E-state index >= 15 is 0 Å². The van der Waals surface area contributed by atoms with Crippen LogP contribution in [0, 0.1) is 5.82 Å². The van der Waals surface area contributed by atoms with Crippen molar-refractivity contribution in [3.8, 4) is 0 Å². The van der Waals surface area contributed by atoms with Gasteiger partial charge in [-0.1, -0.05) is 35.2 Å². The Morgan fingerprint density at radius 3 is 3.00 bits per heavy atom. The molecule has 0 aliphatic rings. The Morgan fingerprint density at radius 1 is 1.24 bits per heavy atom. The van der Waals surface area contributed by atoms with Crippen LogP contribution in [0.4, 0.5) is 9.52 Å². The number of nitrogens with zero attached hydrogens (tertiary/aromatic N) is 2. The van der Waals surface area contributed by atoms with Crippen molar-refractivity contribution in [3.05, 3.63) is 59.8 Å². The predicted octanol–water partition coefficient (Wildman–Crippen LogP) is 4.17. The van der Waals surface area contributed by atoms with Crippen molar-refractivity contribution in [2.45, 2.75) is 16.6 Å². The van der Waals surface area contributed by atoms with Crippen molar-refractivity contribution in [2.24, 2.45) is 0 Å². The van der Waals surface area contributed by atoms with Crippen LogP contribution < -0.4 is 5.32 Å². The van der Waals surface area contributed by atoms with E-state index in [1.807, 2.05) is 18.2 Å². The lowest BCUT2D eigenvalue weighted by molar-refractivity contribution is 0.518. The largest absolute Gasteiger partial charge is 0.467 e. The van der Waals surface area contributed by atoms with Gasteiger partial charge in [0.25, 0.3) is 0 Å². The quantitative estimate of drug-likeness (QED) is 0.690. The minimum atomic E-state index is -0.217. The van der Waals surface area contributed by atoms with Gasteiger partial charge in [-0.2, -0.15) is 0 Å². The minimum absolute atomic E-state index is 0.217. The monoisotopic (exact) mass is 321 g/mol. The molecule has 108 valence electrons. The molecule has 0 bridgehead atoms. The van der Waals surface area contributed by atoms with Gasteiger partial charge < -0.3 is 9.73 Å². The molecule has 3 aromatic rings. The van der Waals surface area contributed by atoms with E-state index in [1.165, 1.54) is 23.5 Å². The Morgan fingerprint density at radius 2 is 2.19 bits per heavy atom. The Kier molecular flexibility index (Phi) is 4.52. The molecule has 0 unspecified atom stereocenters. The lowest BCUT2D eigenvalue weighted by Gasteiger charge is -1.98. The van der Waals surface area contributed by atoms with E-state index < -0.39 is 0 Å². The summed E-state index contributed by atoms with van der Waals surface area (Å²) in [6.45, 7) is 0.580. The van der Waals surface area contributed by atoms with Crippen LogP contribution in [-0.4, -0.2) is 10.2 Å². The van der Waals surface area contributed by atoms with Gasteiger partial charge in [-0.15, -0.1) is 10.2 Å². The van der Waals surface area contributed by atoms with E-state index in [-0.39, 0.29) is 5.82 Å². The number of rotatable bonds is 6. The summed E-state index contributed by atoms with van der Waals surface area (Å²) in [4.78, 5) is 0. The standard InChI is InChI=1S/C14H12FN3OS2/c15-11-4-1-3-10(7-11)9-20-14-18-17-13(21-14)16-8-12-5-2-6-19-12/h1-7H,8-9H2,(H,16,17). The molecule has 0 aliphatic heterocycles. The maximum absolute atomic E-state index is 13.1. The van der Waals surface area contributed by atoms with Crippen LogP contribution in [0.3, 0.4) is 0 Å². The van der Waals surface area contributed by atoms with Crippen molar-refractivity contribution in [1.82, 2.24) is 10.2 Å². The summed E-state index contributed by atoms with van der Waals surface area (Å²) in [5.41, 5.74) is 0.931. The summed E-state index contributed by atoms with van der Waals surface area (Å²) in [5, 5.41) is 12.1. The van der Waals surface area contributed by atoms with Gasteiger partial charge in [0.1, 0.15) is 11.6 Å². The van der Waals surface area contributed by atoms with Crippen LogP contribution in [0.5, 0.6) is 0 Å². The highest BCUT2D eigenvalue weighted by molar-refractivity contribution is 8.00. The van der Waals surface area contributed by atoms with Gasteiger partial charge in [0.05, 0.1) is 12.8 Å². The summed E-state index contributed by atoms with van der Waals surface area (Å²) in [6, 6.07) is 10.3. The van der Waals surface area contributed by atoms with Gasteiger partial charge >= 0.3 is 0 Å². The third kappa shape index (κ3) is 4.05. The van der Waals surface area contributed by atoms with Crippen LogP contribution in [0.25, 0.3) is 0 Å². The Balaban J connectivity index is 1.53. The van der Waals surface area contributed by atoms with Crippen LogP contribution in [-0.2, 0) is 12.3 Å². The molecule has 0 radical (unpaired) electrons. The van der Waals surface area contributed by atoms with Gasteiger partial charge in [-0.25, -0.2) is 4.39 Å². The average molecular weight is 321 g/mol. The topological polar surface area (TPSA) is 51.0 Å². The zero-order valence-electron chi connectivity index (χ0n) is 11.0. The number of benzene rings is 1. The molecular weight excluding hydrogens is 309 g/mol. The van der Waals surface area contributed by atoms with Gasteiger partial charge in [-0.3, -0.25) is 0 Å². The smallest absolute Gasteiger partial charge is 0.206 e. The number of hydrogen-bond acceptors (Lipinski definition) is 6. The zero-order valence-corrected chi connectivity index (χ0v) is 12.6. The first-order valence-electron chi connectivity index (χ1n) is 6.26. The maximum Gasteiger partial charge on any atom is 0.206 e. The van der Waals surface area contributed by atoms with E-state index in [4.69, 9.17) is 4.42 Å². The molecule has 2 heterocycles. The number of aromatic nitrogens is 2. The molecule has 4 nitrogen and oxygen atoms in total. The Labute approximate surface area is 129 Å². The molecule has 0 saturated heterocycles. The van der Waals surface area contributed by atoms with E-state index in [9.17, 15) is 4.39 Å².